The van der Waals surface area contributed by atoms with Gasteiger partial charge < -0.3 is 9.64 Å². The number of carbonyl (C=O) groups excluding carboxylic acids is 1. The number of nitrogens with zero attached hydrogens (tertiary/aromatic N) is 2. The minimum absolute atomic E-state index is 0.179. The number of amides is 1. The number of H-pyrrole nitrogens is 1. The molecule has 24 heavy (non-hydrogen) atoms. The van der Waals surface area contributed by atoms with Gasteiger partial charge in [0.25, 0.3) is 5.91 Å². The lowest BCUT2D eigenvalue weighted by Crippen LogP contribution is -2.41. The van der Waals surface area contributed by atoms with E-state index in [-0.39, 0.29) is 24.2 Å². The van der Waals surface area contributed by atoms with Gasteiger partial charge in [0.1, 0.15) is 5.82 Å². The summed E-state index contributed by atoms with van der Waals surface area (Å²) in [6.45, 7) is 2.81. The smallest absolute Gasteiger partial charge is 0.260 e. The van der Waals surface area contributed by atoms with Crippen LogP contribution in [0, 0.1) is 18.6 Å². The number of nitrogens with one attached hydrogen (secondary N) is 1. The van der Waals surface area contributed by atoms with Gasteiger partial charge >= 0.3 is 0 Å². The molecule has 1 fully saturated rings. The normalized spacial score (nSPS) is 17.8. The van der Waals surface area contributed by atoms with Crippen molar-refractivity contribution in [1.82, 2.24) is 15.1 Å². The van der Waals surface area contributed by atoms with E-state index in [1.54, 1.807) is 4.90 Å². The van der Waals surface area contributed by atoms with Crippen molar-refractivity contribution in [1.29, 1.82) is 0 Å². The van der Waals surface area contributed by atoms with Crippen LogP contribution in [0.3, 0.4) is 0 Å². The number of likely N-dealkylation sites (tertiary alicyclic amines) is 1. The van der Waals surface area contributed by atoms with Gasteiger partial charge in [-0.05, 0) is 38.0 Å². The van der Waals surface area contributed by atoms with E-state index in [2.05, 4.69) is 10.2 Å². The molecule has 1 aliphatic rings. The second kappa shape index (κ2) is 6.98. The Morgan fingerprint density at radius 2 is 2.25 bits per heavy atom. The van der Waals surface area contributed by atoms with Crippen molar-refractivity contribution in [3.05, 3.63) is 47.3 Å². The van der Waals surface area contributed by atoms with Crippen LogP contribution in [0.4, 0.5) is 8.78 Å². The molecule has 1 aromatic carbocycles. The number of hydrogen-bond acceptors (Lipinski definition) is 3. The molecular weight excluding hydrogens is 316 g/mol. The fourth-order valence-electron chi connectivity index (χ4n) is 2.91. The Labute approximate surface area is 138 Å². The van der Waals surface area contributed by atoms with Crippen LogP contribution in [0.1, 0.15) is 30.1 Å². The van der Waals surface area contributed by atoms with Crippen molar-refractivity contribution in [3.63, 3.8) is 0 Å². The van der Waals surface area contributed by atoms with Crippen molar-refractivity contribution in [2.75, 3.05) is 19.7 Å². The Bertz CT molecular complexity index is 732. The fraction of sp³-hybridized carbons (Fsp3) is 0.412. The van der Waals surface area contributed by atoms with E-state index >= 15 is 0 Å². The highest BCUT2D eigenvalue weighted by molar-refractivity contribution is 5.78. The summed E-state index contributed by atoms with van der Waals surface area (Å²) in [5.41, 5.74) is 1.93. The molecule has 7 heteroatoms. The second-order valence-corrected chi connectivity index (χ2v) is 6.02. The average molecular weight is 335 g/mol. The zero-order chi connectivity index (χ0) is 17.1. The number of benzene rings is 1. The minimum Gasteiger partial charge on any atom is -0.481 e. The molecule has 0 spiro atoms. The highest BCUT2D eigenvalue weighted by atomic mass is 19.1. The van der Waals surface area contributed by atoms with Crippen LogP contribution in [0.2, 0.25) is 0 Å². The van der Waals surface area contributed by atoms with E-state index in [0.29, 0.717) is 13.1 Å². The summed E-state index contributed by atoms with van der Waals surface area (Å²) in [5.74, 6) is -1.60. The van der Waals surface area contributed by atoms with E-state index in [1.165, 1.54) is 0 Å². The zero-order valence-corrected chi connectivity index (χ0v) is 13.4. The molecule has 1 amide bonds. The highest BCUT2D eigenvalue weighted by Crippen LogP contribution is 2.26. The van der Waals surface area contributed by atoms with Crippen LogP contribution in [-0.2, 0) is 4.79 Å². The van der Waals surface area contributed by atoms with Crippen LogP contribution in [0.15, 0.2) is 24.3 Å². The summed E-state index contributed by atoms with van der Waals surface area (Å²) in [5, 5.41) is 7.18. The first-order chi connectivity index (χ1) is 11.5. The molecule has 128 valence electrons. The molecule has 3 rings (SSSR count). The quantitative estimate of drug-likeness (QED) is 0.935. The first-order valence-corrected chi connectivity index (χ1v) is 7.90. The van der Waals surface area contributed by atoms with E-state index in [9.17, 15) is 13.6 Å². The maximum Gasteiger partial charge on any atom is 0.260 e. The van der Waals surface area contributed by atoms with Gasteiger partial charge in [-0.3, -0.25) is 9.89 Å². The average Bonchev–Trinajstić information content (AvgIpc) is 3.02. The molecule has 5 nitrogen and oxygen atoms in total. The van der Waals surface area contributed by atoms with Crippen LogP contribution >= 0.6 is 0 Å². The van der Waals surface area contributed by atoms with Gasteiger partial charge in [0.05, 0.1) is 5.69 Å². The first kappa shape index (κ1) is 16.4. The Balaban J connectivity index is 1.59. The van der Waals surface area contributed by atoms with Crippen molar-refractivity contribution in [2.45, 2.75) is 25.7 Å². The number of ether oxygens (including phenoxy) is 1. The number of carbonyl (C=O) groups is 1. The maximum atomic E-state index is 13.5. The van der Waals surface area contributed by atoms with Crippen molar-refractivity contribution in [2.24, 2.45) is 0 Å². The van der Waals surface area contributed by atoms with E-state index < -0.39 is 11.6 Å². The topological polar surface area (TPSA) is 58.2 Å². The molecule has 1 saturated heterocycles. The molecule has 1 aromatic heterocycles. The lowest BCUT2D eigenvalue weighted by molar-refractivity contribution is -0.134. The third kappa shape index (κ3) is 3.72. The molecule has 0 radical (unpaired) electrons. The Morgan fingerprint density at radius 1 is 1.42 bits per heavy atom. The predicted octanol–water partition coefficient (Wildman–Crippen LogP) is 2.78. The largest absolute Gasteiger partial charge is 0.481 e. The van der Waals surface area contributed by atoms with Crippen LogP contribution in [0.5, 0.6) is 5.75 Å². The zero-order valence-electron chi connectivity index (χ0n) is 13.4. The monoisotopic (exact) mass is 335 g/mol. The van der Waals surface area contributed by atoms with Gasteiger partial charge in [0.15, 0.2) is 18.2 Å². The van der Waals surface area contributed by atoms with E-state index in [4.69, 9.17) is 4.74 Å². The summed E-state index contributed by atoms with van der Waals surface area (Å²) in [6, 6.07) is 4.91. The Hall–Kier alpha value is -2.44. The molecule has 1 aliphatic heterocycles. The summed E-state index contributed by atoms with van der Waals surface area (Å²) >= 11 is 0. The predicted molar refractivity (Wildman–Crippen MR) is 83.7 cm³/mol. The van der Waals surface area contributed by atoms with Crippen molar-refractivity contribution < 1.29 is 18.3 Å². The fourth-order valence-corrected chi connectivity index (χ4v) is 2.91. The molecular formula is C17H19F2N3O2. The second-order valence-electron chi connectivity index (χ2n) is 6.02. The van der Waals surface area contributed by atoms with Gasteiger partial charge in [-0.25, -0.2) is 8.78 Å². The summed E-state index contributed by atoms with van der Waals surface area (Å²) in [6.07, 6.45) is 1.84. The molecule has 2 heterocycles. The maximum absolute atomic E-state index is 13.5. The SMILES string of the molecule is Cc1cc([C@@H]2CCCN(C(=O)COc3cc(F)ccc3F)C2)n[nH]1. The Kier molecular flexibility index (Phi) is 4.78. The third-order valence-corrected chi connectivity index (χ3v) is 4.16. The molecule has 0 aliphatic carbocycles. The number of rotatable bonds is 4. The lowest BCUT2D eigenvalue weighted by atomic mass is 9.94. The van der Waals surface area contributed by atoms with Gasteiger partial charge in [0, 0.05) is 30.8 Å². The summed E-state index contributed by atoms with van der Waals surface area (Å²) < 4.78 is 31.8. The number of aryl methyl sites for hydroxylation is 1. The van der Waals surface area contributed by atoms with Crippen LogP contribution in [0.25, 0.3) is 0 Å². The lowest BCUT2D eigenvalue weighted by Gasteiger charge is -2.31. The number of halogens is 2. The molecule has 0 saturated carbocycles. The van der Waals surface area contributed by atoms with Gasteiger partial charge in [0.2, 0.25) is 0 Å². The van der Waals surface area contributed by atoms with Gasteiger partial charge in [-0.1, -0.05) is 0 Å². The number of hydrogen-bond donors (Lipinski definition) is 1. The summed E-state index contributed by atoms with van der Waals surface area (Å²) in [4.78, 5) is 14.0. The number of aromatic amines is 1. The van der Waals surface area contributed by atoms with Crippen LogP contribution < -0.4 is 4.74 Å². The molecule has 0 bridgehead atoms. The molecule has 1 atom stereocenters. The third-order valence-electron chi connectivity index (χ3n) is 4.16. The number of aromatic nitrogens is 2. The minimum atomic E-state index is -0.687. The van der Waals surface area contributed by atoms with E-state index in [0.717, 1.165) is 42.4 Å². The van der Waals surface area contributed by atoms with Gasteiger partial charge in [-0.15, -0.1) is 0 Å². The van der Waals surface area contributed by atoms with Crippen molar-refractivity contribution >= 4 is 5.91 Å². The Morgan fingerprint density at radius 3 is 3.00 bits per heavy atom. The number of piperidine rings is 1. The van der Waals surface area contributed by atoms with Crippen molar-refractivity contribution in [3.8, 4) is 5.75 Å². The molecule has 1 N–H and O–H groups in total. The standard InChI is InChI=1S/C17H19F2N3O2/c1-11-7-15(21-20-11)12-3-2-6-22(9-12)17(23)10-24-16-8-13(18)4-5-14(16)19/h4-5,7-8,12H,2-3,6,9-10H2,1H3,(H,20,21)/t12-/m1/s1. The molecule has 0 unspecified atom stereocenters. The molecule has 2 aromatic rings. The summed E-state index contributed by atoms with van der Waals surface area (Å²) in [7, 11) is 0. The first-order valence-electron chi connectivity index (χ1n) is 7.90. The van der Waals surface area contributed by atoms with Crippen LogP contribution in [-0.4, -0.2) is 40.7 Å². The highest BCUT2D eigenvalue weighted by Gasteiger charge is 2.26. The van der Waals surface area contributed by atoms with Gasteiger partial charge in [-0.2, -0.15) is 5.10 Å². The van der Waals surface area contributed by atoms with E-state index in [1.807, 2.05) is 13.0 Å².